The van der Waals surface area contributed by atoms with Crippen molar-refractivity contribution in [1.82, 2.24) is 14.7 Å². The van der Waals surface area contributed by atoms with Gasteiger partial charge in [-0.15, -0.1) is 0 Å². The van der Waals surface area contributed by atoms with Gasteiger partial charge in [-0.25, -0.2) is 8.42 Å². The lowest BCUT2D eigenvalue weighted by Gasteiger charge is -2.18. The van der Waals surface area contributed by atoms with Gasteiger partial charge in [0.05, 0.1) is 43.0 Å². The average Bonchev–Trinajstić information content (AvgIpc) is 3.38. The lowest BCUT2D eigenvalue weighted by Crippen LogP contribution is -2.28. The number of ether oxygens (including phenoxy) is 1. The smallest absolute Gasteiger partial charge is 0.227 e. The molecule has 4 rings (SSSR count). The molecule has 3 aromatic rings. The molecule has 0 radical (unpaired) electrons. The fraction of sp³-hybridized carbons (Fsp3) is 0.455. The maximum atomic E-state index is 12.9. The van der Waals surface area contributed by atoms with Crippen LogP contribution in [0.3, 0.4) is 0 Å². The minimum absolute atomic E-state index is 0.0338. The summed E-state index contributed by atoms with van der Waals surface area (Å²) in [6.07, 6.45) is 2.42. The van der Waals surface area contributed by atoms with E-state index in [2.05, 4.69) is 5.10 Å². The molecule has 1 atom stereocenters. The first-order chi connectivity index (χ1) is 14.7. The Morgan fingerprint density at radius 1 is 1.35 bits per heavy atom. The van der Waals surface area contributed by atoms with E-state index in [1.54, 1.807) is 31.4 Å². The van der Waals surface area contributed by atoms with Gasteiger partial charge in [0.2, 0.25) is 5.91 Å². The van der Waals surface area contributed by atoms with Gasteiger partial charge in [0, 0.05) is 41.9 Å². The van der Waals surface area contributed by atoms with Crippen molar-refractivity contribution in [3.05, 3.63) is 47.0 Å². The van der Waals surface area contributed by atoms with Crippen LogP contribution >= 0.6 is 0 Å². The van der Waals surface area contributed by atoms with Crippen LogP contribution in [0.15, 0.2) is 28.9 Å². The number of aryl methyl sites for hydroxylation is 1. The second-order valence-corrected chi connectivity index (χ2v) is 10.4. The number of amides is 1. The van der Waals surface area contributed by atoms with Crippen molar-refractivity contribution in [1.29, 1.82) is 0 Å². The van der Waals surface area contributed by atoms with Crippen LogP contribution in [0.25, 0.3) is 11.0 Å². The number of carbonyl (C=O) groups is 1. The van der Waals surface area contributed by atoms with E-state index < -0.39 is 9.84 Å². The number of benzene rings is 1. The molecular formula is C22H27N3O5S. The lowest BCUT2D eigenvalue weighted by molar-refractivity contribution is -0.129. The van der Waals surface area contributed by atoms with Gasteiger partial charge in [0.15, 0.2) is 9.84 Å². The van der Waals surface area contributed by atoms with Gasteiger partial charge in [-0.05, 0) is 32.4 Å². The van der Waals surface area contributed by atoms with E-state index in [-0.39, 0.29) is 29.9 Å². The molecule has 1 saturated heterocycles. The second-order valence-electron chi connectivity index (χ2n) is 8.20. The molecule has 1 aromatic carbocycles. The molecule has 1 amide bonds. The van der Waals surface area contributed by atoms with Crippen LogP contribution in [0.1, 0.15) is 35.0 Å². The Morgan fingerprint density at radius 3 is 2.81 bits per heavy atom. The summed E-state index contributed by atoms with van der Waals surface area (Å²) in [5, 5.41) is 5.48. The fourth-order valence-electron chi connectivity index (χ4n) is 4.20. The van der Waals surface area contributed by atoms with Crippen molar-refractivity contribution in [3.63, 3.8) is 0 Å². The van der Waals surface area contributed by atoms with Gasteiger partial charge in [-0.3, -0.25) is 9.48 Å². The van der Waals surface area contributed by atoms with E-state index in [0.717, 1.165) is 27.9 Å². The lowest BCUT2D eigenvalue weighted by atomic mass is 10.1. The van der Waals surface area contributed by atoms with Gasteiger partial charge in [0.1, 0.15) is 11.3 Å². The summed E-state index contributed by atoms with van der Waals surface area (Å²) < 4.78 is 36.3. The number of methoxy groups -OCH3 is 1. The standard InChI is InChI=1S/C22H27N3O5S/c1-14-20(15(2)25(23-14)17-7-8-31(27,28)13-17)11-24(3)22(26)9-16-12-30-21-10-18(29-4)5-6-19(16)21/h5-6,10,12,17H,7-9,11,13H2,1-4H3/t17-/m0/s1. The molecule has 1 fully saturated rings. The number of carbonyl (C=O) groups excluding carboxylic acids is 1. The Bertz CT molecular complexity index is 1240. The molecule has 31 heavy (non-hydrogen) atoms. The summed E-state index contributed by atoms with van der Waals surface area (Å²) in [5.41, 5.74) is 4.21. The van der Waals surface area contributed by atoms with Crippen molar-refractivity contribution in [2.45, 2.75) is 39.3 Å². The van der Waals surface area contributed by atoms with Gasteiger partial charge in [-0.1, -0.05) is 0 Å². The summed E-state index contributed by atoms with van der Waals surface area (Å²) in [5.74, 6) is 0.999. The van der Waals surface area contributed by atoms with E-state index in [4.69, 9.17) is 9.15 Å². The number of sulfone groups is 1. The Labute approximate surface area is 181 Å². The fourth-order valence-corrected chi connectivity index (χ4v) is 5.89. The molecule has 0 aliphatic carbocycles. The molecule has 166 valence electrons. The van der Waals surface area contributed by atoms with Gasteiger partial charge in [0.25, 0.3) is 0 Å². The van der Waals surface area contributed by atoms with Crippen molar-refractivity contribution in [2.75, 3.05) is 25.7 Å². The first kappa shape index (κ1) is 21.4. The van der Waals surface area contributed by atoms with E-state index in [1.165, 1.54) is 0 Å². The normalized spacial score (nSPS) is 17.9. The summed E-state index contributed by atoms with van der Waals surface area (Å²) in [6, 6.07) is 5.42. The minimum atomic E-state index is -2.99. The molecule has 0 spiro atoms. The quantitative estimate of drug-likeness (QED) is 0.579. The highest BCUT2D eigenvalue weighted by atomic mass is 32.2. The topological polar surface area (TPSA) is 94.6 Å². The first-order valence-corrected chi connectivity index (χ1v) is 12.0. The summed E-state index contributed by atoms with van der Waals surface area (Å²) in [6.45, 7) is 4.26. The predicted molar refractivity (Wildman–Crippen MR) is 117 cm³/mol. The Kier molecular flexibility index (Phi) is 5.55. The molecule has 8 nitrogen and oxygen atoms in total. The predicted octanol–water partition coefficient (Wildman–Crippen LogP) is 2.82. The van der Waals surface area contributed by atoms with Crippen LogP contribution in [0.5, 0.6) is 5.75 Å². The molecule has 0 unspecified atom stereocenters. The highest BCUT2D eigenvalue weighted by molar-refractivity contribution is 7.91. The summed E-state index contributed by atoms with van der Waals surface area (Å²) in [7, 11) is 0.372. The summed E-state index contributed by atoms with van der Waals surface area (Å²) >= 11 is 0. The Balaban J connectivity index is 1.48. The van der Waals surface area contributed by atoms with Crippen LogP contribution in [0.4, 0.5) is 0 Å². The van der Waals surface area contributed by atoms with E-state index in [0.29, 0.717) is 24.3 Å². The number of aromatic nitrogens is 2. The average molecular weight is 446 g/mol. The zero-order chi connectivity index (χ0) is 22.3. The maximum absolute atomic E-state index is 12.9. The second kappa shape index (κ2) is 8.03. The maximum Gasteiger partial charge on any atom is 0.227 e. The third-order valence-corrected chi connectivity index (χ3v) is 7.81. The molecule has 0 saturated carbocycles. The highest BCUT2D eigenvalue weighted by Gasteiger charge is 2.31. The van der Waals surface area contributed by atoms with Gasteiger partial charge < -0.3 is 14.1 Å². The molecule has 0 N–H and O–H groups in total. The van der Waals surface area contributed by atoms with Gasteiger partial charge >= 0.3 is 0 Å². The first-order valence-electron chi connectivity index (χ1n) is 10.2. The Morgan fingerprint density at radius 2 is 2.13 bits per heavy atom. The molecule has 1 aliphatic rings. The SMILES string of the molecule is COc1ccc2c(CC(=O)N(C)Cc3c(C)nn([C@H]4CCS(=O)(=O)C4)c3C)coc2c1. The van der Waals surface area contributed by atoms with Crippen molar-refractivity contribution in [2.24, 2.45) is 0 Å². The number of nitrogens with zero attached hydrogens (tertiary/aromatic N) is 3. The van der Waals surface area contributed by atoms with Crippen molar-refractivity contribution in [3.8, 4) is 5.75 Å². The molecule has 0 bridgehead atoms. The molecule has 2 aromatic heterocycles. The molecule has 1 aliphatic heterocycles. The number of rotatable bonds is 6. The van der Waals surface area contributed by atoms with Gasteiger partial charge in [-0.2, -0.15) is 5.10 Å². The highest BCUT2D eigenvalue weighted by Crippen LogP contribution is 2.28. The van der Waals surface area contributed by atoms with E-state index in [1.807, 2.05) is 30.7 Å². The minimum Gasteiger partial charge on any atom is -0.497 e. The third-order valence-electron chi connectivity index (χ3n) is 6.05. The number of likely N-dealkylation sites (N-methyl/N-ethyl adjacent to an activating group) is 1. The summed E-state index contributed by atoms with van der Waals surface area (Å²) in [4.78, 5) is 14.6. The van der Waals surface area contributed by atoms with E-state index in [9.17, 15) is 13.2 Å². The van der Waals surface area contributed by atoms with Crippen molar-refractivity contribution >= 4 is 26.7 Å². The van der Waals surface area contributed by atoms with Crippen molar-refractivity contribution < 1.29 is 22.4 Å². The number of hydrogen-bond donors (Lipinski definition) is 0. The van der Waals surface area contributed by atoms with Crippen LogP contribution in [0, 0.1) is 13.8 Å². The van der Waals surface area contributed by atoms with Crippen LogP contribution in [0.2, 0.25) is 0 Å². The monoisotopic (exact) mass is 445 g/mol. The number of hydrogen-bond acceptors (Lipinski definition) is 6. The largest absolute Gasteiger partial charge is 0.497 e. The van der Waals surface area contributed by atoms with Crippen LogP contribution < -0.4 is 4.74 Å². The zero-order valence-electron chi connectivity index (χ0n) is 18.2. The number of fused-ring (bicyclic) bond motifs is 1. The Hall–Kier alpha value is -2.81. The van der Waals surface area contributed by atoms with E-state index >= 15 is 0 Å². The molecular weight excluding hydrogens is 418 g/mol. The van der Waals surface area contributed by atoms with Crippen LogP contribution in [-0.4, -0.2) is 54.7 Å². The number of furan rings is 1. The third kappa shape index (κ3) is 4.19. The zero-order valence-corrected chi connectivity index (χ0v) is 19.0. The molecule has 9 heteroatoms. The molecule has 3 heterocycles. The van der Waals surface area contributed by atoms with Crippen LogP contribution in [-0.2, 0) is 27.6 Å².